The van der Waals surface area contributed by atoms with Crippen molar-refractivity contribution >= 4 is 17.5 Å². The molecule has 0 radical (unpaired) electrons. The third-order valence-electron chi connectivity index (χ3n) is 4.41. The Balaban J connectivity index is 2.10. The molecular formula is C20H24ClNO2. The fourth-order valence-corrected chi connectivity index (χ4v) is 2.94. The van der Waals surface area contributed by atoms with Crippen LogP contribution in [-0.4, -0.2) is 19.6 Å². The lowest BCUT2D eigenvalue weighted by Gasteiger charge is -2.30. The first-order valence-electron chi connectivity index (χ1n) is 8.14. The summed E-state index contributed by atoms with van der Waals surface area (Å²) in [6.07, 6.45) is 0.747. The zero-order valence-corrected chi connectivity index (χ0v) is 15.1. The smallest absolute Gasteiger partial charge is 0.227 e. The molecule has 4 heteroatoms. The molecule has 1 N–H and O–H groups in total. The van der Waals surface area contributed by atoms with Gasteiger partial charge in [-0.2, -0.15) is 0 Å². The lowest BCUT2D eigenvalue weighted by molar-refractivity contribution is -0.124. The van der Waals surface area contributed by atoms with Gasteiger partial charge in [-0.3, -0.25) is 4.79 Å². The average molecular weight is 346 g/mol. The van der Waals surface area contributed by atoms with Gasteiger partial charge in [-0.1, -0.05) is 61.0 Å². The predicted octanol–water partition coefficient (Wildman–Crippen LogP) is 4.51. The van der Waals surface area contributed by atoms with Crippen LogP contribution in [0.2, 0.25) is 5.02 Å². The van der Waals surface area contributed by atoms with Gasteiger partial charge in [0.1, 0.15) is 5.60 Å². The van der Waals surface area contributed by atoms with Crippen molar-refractivity contribution in [2.24, 2.45) is 0 Å². The van der Waals surface area contributed by atoms with Crippen LogP contribution in [0.15, 0.2) is 54.6 Å². The molecule has 2 rings (SSSR count). The van der Waals surface area contributed by atoms with Crippen LogP contribution in [-0.2, 0) is 15.1 Å². The molecule has 0 saturated carbocycles. The van der Waals surface area contributed by atoms with Crippen molar-refractivity contribution in [3.05, 3.63) is 70.7 Å². The van der Waals surface area contributed by atoms with Gasteiger partial charge in [0, 0.05) is 12.1 Å². The summed E-state index contributed by atoms with van der Waals surface area (Å²) >= 11 is 6.08. The number of ether oxygens (including phenoxy) is 1. The van der Waals surface area contributed by atoms with E-state index in [1.807, 2.05) is 68.4 Å². The normalized spacial score (nSPS) is 14.7. The first-order valence-corrected chi connectivity index (χ1v) is 8.52. The summed E-state index contributed by atoms with van der Waals surface area (Å²) in [6.45, 7) is 4.35. The molecule has 0 aromatic heterocycles. The topological polar surface area (TPSA) is 38.3 Å². The number of nitrogens with one attached hydrogen (secondary N) is 1. The third kappa shape index (κ3) is 4.37. The summed E-state index contributed by atoms with van der Waals surface area (Å²) in [6, 6.07) is 17.4. The number of carbonyl (C=O) groups is 1. The van der Waals surface area contributed by atoms with Gasteiger partial charge in [0.2, 0.25) is 5.91 Å². The van der Waals surface area contributed by atoms with Gasteiger partial charge < -0.3 is 10.1 Å². The largest absolute Gasteiger partial charge is 0.372 e. The fraction of sp³-hybridized carbons (Fsp3) is 0.350. The predicted molar refractivity (Wildman–Crippen MR) is 98.3 cm³/mol. The molecule has 3 nitrogen and oxygen atoms in total. The van der Waals surface area contributed by atoms with Crippen LogP contribution < -0.4 is 5.32 Å². The third-order valence-corrected chi connectivity index (χ3v) is 4.65. The van der Waals surface area contributed by atoms with Crippen LogP contribution in [0.3, 0.4) is 0 Å². The number of benzene rings is 2. The van der Waals surface area contributed by atoms with Crippen molar-refractivity contribution in [2.45, 2.75) is 31.8 Å². The van der Waals surface area contributed by atoms with Crippen LogP contribution in [0.25, 0.3) is 0 Å². The highest BCUT2D eigenvalue weighted by Gasteiger charge is 2.28. The SMILES string of the molecule is CC[C@@H](C(=O)NC[C@](C)(OC)c1cccc(Cl)c1)c1ccccc1. The van der Waals surface area contributed by atoms with Crippen LogP contribution in [0, 0.1) is 0 Å². The molecule has 0 aliphatic rings. The molecule has 128 valence electrons. The number of hydrogen-bond acceptors (Lipinski definition) is 2. The van der Waals surface area contributed by atoms with Gasteiger partial charge in [0.25, 0.3) is 0 Å². The van der Waals surface area contributed by atoms with Crippen molar-refractivity contribution in [2.75, 3.05) is 13.7 Å². The number of carbonyl (C=O) groups excluding carboxylic acids is 1. The summed E-state index contributed by atoms with van der Waals surface area (Å²) in [5.74, 6) is -0.152. The van der Waals surface area contributed by atoms with Crippen LogP contribution >= 0.6 is 11.6 Å². The van der Waals surface area contributed by atoms with Crippen molar-refractivity contribution < 1.29 is 9.53 Å². The average Bonchev–Trinajstić information content (AvgIpc) is 2.61. The maximum atomic E-state index is 12.6. The monoisotopic (exact) mass is 345 g/mol. The lowest BCUT2D eigenvalue weighted by atomic mass is 9.93. The Morgan fingerprint density at radius 3 is 2.50 bits per heavy atom. The van der Waals surface area contributed by atoms with Crippen LogP contribution in [0.4, 0.5) is 0 Å². The molecule has 0 unspecified atom stereocenters. The number of methoxy groups -OCH3 is 1. The molecule has 0 aliphatic carbocycles. The van der Waals surface area contributed by atoms with Crippen molar-refractivity contribution in [1.29, 1.82) is 0 Å². The molecule has 0 aliphatic heterocycles. The Bertz CT molecular complexity index is 674. The molecule has 0 bridgehead atoms. The molecule has 0 saturated heterocycles. The highest BCUT2D eigenvalue weighted by Crippen LogP contribution is 2.27. The highest BCUT2D eigenvalue weighted by molar-refractivity contribution is 6.30. The number of amides is 1. The summed E-state index contributed by atoms with van der Waals surface area (Å²) in [5, 5.41) is 3.69. The second-order valence-corrected chi connectivity index (χ2v) is 6.47. The Hall–Kier alpha value is -1.84. The quantitative estimate of drug-likeness (QED) is 0.801. The highest BCUT2D eigenvalue weighted by atomic mass is 35.5. The molecule has 0 spiro atoms. The van der Waals surface area contributed by atoms with Gasteiger partial charge in [-0.15, -0.1) is 0 Å². The van der Waals surface area contributed by atoms with Gasteiger partial charge in [0.15, 0.2) is 0 Å². The van der Waals surface area contributed by atoms with Crippen molar-refractivity contribution in [3.8, 4) is 0 Å². The van der Waals surface area contributed by atoms with E-state index in [9.17, 15) is 4.79 Å². The van der Waals surface area contributed by atoms with Gasteiger partial charge in [0.05, 0.1) is 12.5 Å². The van der Waals surface area contributed by atoms with E-state index in [0.29, 0.717) is 11.6 Å². The maximum Gasteiger partial charge on any atom is 0.227 e. The molecule has 1 amide bonds. The van der Waals surface area contributed by atoms with Crippen molar-refractivity contribution in [1.82, 2.24) is 5.32 Å². The number of halogens is 1. The second kappa shape index (κ2) is 8.32. The molecular weight excluding hydrogens is 322 g/mol. The molecule has 24 heavy (non-hydrogen) atoms. The van der Waals surface area contributed by atoms with E-state index in [1.165, 1.54) is 0 Å². The molecule has 2 aromatic carbocycles. The zero-order chi connectivity index (χ0) is 17.6. The first-order chi connectivity index (χ1) is 11.5. The Labute approximate surface area is 149 Å². The lowest BCUT2D eigenvalue weighted by Crippen LogP contribution is -2.41. The van der Waals surface area contributed by atoms with E-state index >= 15 is 0 Å². The van der Waals surface area contributed by atoms with Crippen LogP contribution in [0.1, 0.15) is 37.3 Å². The van der Waals surface area contributed by atoms with E-state index in [1.54, 1.807) is 7.11 Å². The summed E-state index contributed by atoms with van der Waals surface area (Å²) < 4.78 is 5.67. The van der Waals surface area contributed by atoms with Gasteiger partial charge in [-0.25, -0.2) is 0 Å². The summed E-state index contributed by atoms with van der Waals surface area (Å²) in [7, 11) is 1.64. The van der Waals surface area contributed by atoms with E-state index < -0.39 is 5.60 Å². The van der Waals surface area contributed by atoms with E-state index in [0.717, 1.165) is 17.5 Å². The second-order valence-electron chi connectivity index (χ2n) is 6.03. The molecule has 2 aromatic rings. The van der Waals surface area contributed by atoms with Gasteiger partial charge >= 0.3 is 0 Å². The van der Waals surface area contributed by atoms with E-state index in [2.05, 4.69) is 5.32 Å². The Kier molecular flexibility index (Phi) is 6.41. The molecule has 2 atom stereocenters. The minimum absolute atomic E-state index is 0.00834. The van der Waals surface area contributed by atoms with Crippen LogP contribution in [0.5, 0.6) is 0 Å². The summed E-state index contributed by atoms with van der Waals surface area (Å²) in [4.78, 5) is 12.6. The molecule has 0 fully saturated rings. The zero-order valence-electron chi connectivity index (χ0n) is 14.4. The molecule has 0 heterocycles. The number of rotatable bonds is 7. The maximum absolute atomic E-state index is 12.6. The van der Waals surface area contributed by atoms with E-state index in [-0.39, 0.29) is 11.8 Å². The van der Waals surface area contributed by atoms with E-state index in [4.69, 9.17) is 16.3 Å². The summed E-state index contributed by atoms with van der Waals surface area (Å²) in [5.41, 5.74) is 1.33. The minimum atomic E-state index is -0.629. The van der Waals surface area contributed by atoms with Crippen molar-refractivity contribution in [3.63, 3.8) is 0 Å². The fourth-order valence-electron chi connectivity index (χ4n) is 2.75. The number of hydrogen-bond donors (Lipinski definition) is 1. The Morgan fingerprint density at radius 2 is 1.92 bits per heavy atom. The van der Waals surface area contributed by atoms with Gasteiger partial charge in [-0.05, 0) is 36.6 Å². The first kappa shape index (κ1) is 18.5. The Morgan fingerprint density at radius 1 is 1.21 bits per heavy atom. The standard InChI is InChI=1S/C20H24ClNO2/c1-4-18(15-9-6-5-7-10-15)19(23)22-14-20(2,24-3)16-11-8-12-17(21)13-16/h5-13,18H,4,14H2,1-3H3,(H,22,23)/t18-,20+/m1/s1. The minimum Gasteiger partial charge on any atom is -0.372 e.